The number of hydrogen-bond donors (Lipinski definition) is 1. The van der Waals surface area contributed by atoms with E-state index in [-0.39, 0.29) is 0 Å². The van der Waals surface area contributed by atoms with Crippen LogP contribution in [-0.4, -0.2) is 35.1 Å². The maximum Gasteiger partial charge on any atom is 0.303 e. The van der Waals surface area contributed by atoms with Crippen LogP contribution in [0.4, 0.5) is 0 Å². The summed E-state index contributed by atoms with van der Waals surface area (Å²) in [4.78, 5) is 13.3. The van der Waals surface area contributed by atoms with Gasteiger partial charge in [-0.1, -0.05) is 27.2 Å². The Hall–Kier alpha value is -0.570. The van der Waals surface area contributed by atoms with Crippen LogP contribution in [0.5, 0.6) is 0 Å². The van der Waals surface area contributed by atoms with Crippen molar-refractivity contribution < 1.29 is 9.90 Å². The number of carbonyl (C=O) groups is 1. The van der Waals surface area contributed by atoms with Crippen molar-refractivity contribution in [1.29, 1.82) is 0 Å². The van der Waals surface area contributed by atoms with Crippen LogP contribution in [-0.2, 0) is 4.79 Å². The summed E-state index contributed by atoms with van der Waals surface area (Å²) >= 11 is 0. The molecule has 1 N–H and O–H groups in total. The Bertz CT molecular complexity index is 247. The fourth-order valence-electron chi connectivity index (χ4n) is 2.97. The summed E-state index contributed by atoms with van der Waals surface area (Å²) in [5.41, 5.74) is 0. The summed E-state index contributed by atoms with van der Waals surface area (Å²) < 4.78 is 0. The maximum absolute atomic E-state index is 10.7. The third kappa shape index (κ3) is 4.97. The number of likely N-dealkylation sites (tertiary alicyclic amines) is 1. The van der Waals surface area contributed by atoms with Crippen molar-refractivity contribution in [2.45, 2.75) is 65.3 Å². The zero-order chi connectivity index (χ0) is 13.5. The standard InChI is InChI=1S/C15H29NO2/c1-4-12(3)10-14(5-2)16-8-6-13(7-9-16)11-15(17)18/h12-14H,4-11H2,1-3H3,(H,17,18). The van der Waals surface area contributed by atoms with Gasteiger partial charge in [-0.15, -0.1) is 0 Å². The van der Waals surface area contributed by atoms with Gasteiger partial charge in [0.25, 0.3) is 0 Å². The van der Waals surface area contributed by atoms with Gasteiger partial charge in [0.2, 0.25) is 0 Å². The molecule has 106 valence electrons. The van der Waals surface area contributed by atoms with Crippen molar-refractivity contribution in [2.24, 2.45) is 11.8 Å². The molecule has 1 fully saturated rings. The molecule has 0 aromatic rings. The lowest BCUT2D eigenvalue weighted by molar-refractivity contribution is -0.138. The fraction of sp³-hybridized carbons (Fsp3) is 0.933. The lowest BCUT2D eigenvalue weighted by Gasteiger charge is -2.38. The van der Waals surface area contributed by atoms with Crippen LogP contribution in [0, 0.1) is 11.8 Å². The number of carboxylic acid groups (broad SMARTS) is 1. The monoisotopic (exact) mass is 255 g/mol. The van der Waals surface area contributed by atoms with Gasteiger partial charge in [-0.2, -0.15) is 0 Å². The van der Waals surface area contributed by atoms with E-state index in [4.69, 9.17) is 5.11 Å². The van der Waals surface area contributed by atoms with Gasteiger partial charge in [0.15, 0.2) is 0 Å². The number of nitrogens with zero attached hydrogens (tertiary/aromatic N) is 1. The highest BCUT2D eigenvalue weighted by Crippen LogP contribution is 2.25. The lowest BCUT2D eigenvalue weighted by atomic mass is 9.90. The molecule has 3 heteroatoms. The number of carboxylic acids is 1. The van der Waals surface area contributed by atoms with Gasteiger partial charge in [0.05, 0.1) is 0 Å². The summed E-state index contributed by atoms with van der Waals surface area (Å²) in [5.74, 6) is 0.562. The molecule has 18 heavy (non-hydrogen) atoms. The van der Waals surface area contributed by atoms with E-state index in [9.17, 15) is 4.79 Å². The highest BCUT2D eigenvalue weighted by molar-refractivity contribution is 5.67. The second kappa shape index (κ2) is 7.78. The first-order valence-electron chi connectivity index (χ1n) is 7.52. The molecule has 0 radical (unpaired) electrons. The minimum absolute atomic E-state index is 0.357. The van der Waals surface area contributed by atoms with Crippen molar-refractivity contribution in [3.8, 4) is 0 Å². The quantitative estimate of drug-likeness (QED) is 0.758. The third-order valence-corrected chi connectivity index (χ3v) is 4.47. The molecule has 2 unspecified atom stereocenters. The average molecular weight is 255 g/mol. The molecule has 0 spiro atoms. The second-order valence-corrected chi connectivity index (χ2v) is 5.89. The van der Waals surface area contributed by atoms with Gasteiger partial charge >= 0.3 is 5.97 Å². The first-order chi connectivity index (χ1) is 8.56. The van der Waals surface area contributed by atoms with Crippen molar-refractivity contribution in [3.05, 3.63) is 0 Å². The van der Waals surface area contributed by atoms with E-state index in [1.54, 1.807) is 0 Å². The van der Waals surface area contributed by atoms with E-state index in [1.165, 1.54) is 19.3 Å². The summed E-state index contributed by atoms with van der Waals surface area (Å²) in [7, 11) is 0. The van der Waals surface area contributed by atoms with Crippen molar-refractivity contribution in [3.63, 3.8) is 0 Å². The molecule has 0 amide bonds. The third-order valence-electron chi connectivity index (χ3n) is 4.47. The topological polar surface area (TPSA) is 40.5 Å². The van der Waals surface area contributed by atoms with E-state index < -0.39 is 5.97 Å². The predicted octanol–water partition coefficient (Wildman–Crippen LogP) is 3.39. The maximum atomic E-state index is 10.7. The Morgan fingerprint density at radius 3 is 2.33 bits per heavy atom. The molecule has 0 saturated carbocycles. The zero-order valence-corrected chi connectivity index (χ0v) is 12.2. The molecular weight excluding hydrogens is 226 g/mol. The van der Waals surface area contributed by atoms with Gasteiger partial charge in [-0.3, -0.25) is 4.79 Å². The molecular formula is C15H29NO2. The van der Waals surface area contributed by atoms with Gasteiger partial charge < -0.3 is 10.0 Å². The molecule has 0 aromatic carbocycles. The Morgan fingerprint density at radius 1 is 1.28 bits per heavy atom. The van der Waals surface area contributed by atoms with Crippen LogP contribution in [0.3, 0.4) is 0 Å². The molecule has 2 atom stereocenters. The number of hydrogen-bond acceptors (Lipinski definition) is 2. The van der Waals surface area contributed by atoms with Gasteiger partial charge in [-0.25, -0.2) is 0 Å². The first kappa shape index (κ1) is 15.5. The Balaban J connectivity index is 2.37. The predicted molar refractivity (Wildman–Crippen MR) is 74.7 cm³/mol. The lowest BCUT2D eigenvalue weighted by Crippen LogP contribution is -2.42. The Morgan fingerprint density at radius 2 is 1.89 bits per heavy atom. The van der Waals surface area contributed by atoms with Crippen LogP contribution in [0.25, 0.3) is 0 Å². The Labute approximate surface area is 112 Å². The summed E-state index contributed by atoms with van der Waals surface area (Å²) in [6.45, 7) is 9.05. The van der Waals surface area contributed by atoms with E-state index in [0.29, 0.717) is 18.4 Å². The highest BCUT2D eigenvalue weighted by atomic mass is 16.4. The number of rotatable bonds is 7. The van der Waals surface area contributed by atoms with Gasteiger partial charge in [-0.05, 0) is 50.6 Å². The number of aliphatic carboxylic acids is 1. The molecule has 1 heterocycles. The van der Waals surface area contributed by atoms with Crippen LogP contribution >= 0.6 is 0 Å². The smallest absolute Gasteiger partial charge is 0.303 e. The Kier molecular flexibility index (Phi) is 6.69. The van der Waals surface area contributed by atoms with E-state index >= 15 is 0 Å². The van der Waals surface area contributed by atoms with Gasteiger partial charge in [0, 0.05) is 12.5 Å². The molecule has 1 rings (SSSR count). The molecule has 0 aliphatic carbocycles. The van der Waals surface area contributed by atoms with Crippen LogP contribution in [0.2, 0.25) is 0 Å². The van der Waals surface area contributed by atoms with Crippen LogP contribution < -0.4 is 0 Å². The van der Waals surface area contributed by atoms with Crippen molar-refractivity contribution in [1.82, 2.24) is 4.90 Å². The molecule has 1 aliphatic rings. The first-order valence-corrected chi connectivity index (χ1v) is 7.52. The van der Waals surface area contributed by atoms with Crippen LogP contribution in [0.1, 0.15) is 59.3 Å². The molecule has 1 aliphatic heterocycles. The normalized spacial score (nSPS) is 21.7. The SMILES string of the molecule is CCC(C)CC(CC)N1CCC(CC(=O)O)CC1. The fourth-order valence-corrected chi connectivity index (χ4v) is 2.97. The molecule has 0 aromatic heterocycles. The second-order valence-electron chi connectivity index (χ2n) is 5.89. The average Bonchev–Trinajstić information content (AvgIpc) is 2.36. The van der Waals surface area contributed by atoms with E-state index in [1.807, 2.05) is 0 Å². The molecule has 0 bridgehead atoms. The minimum atomic E-state index is -0.639. The van der Waals surface area contributed by atoms with Gasteiger partial charge in [0.1, 0.15) is 0 Å². The van der Waals surface area contributed by atoms with E-state index in [2.05, 4.69) is 25.7 Å². The highest BCUT2D eigenvalue weighted by Gasteiger charge is 2.25. The summed E-state index contributed by atoms with van der Waals surface area (Å²) in [6.07, 6.45) is 6.24. The minimum Gasteiger partial charge on any atom is -0.481 e. The zero-order valence-electron chi connectivity index (χ0n) is 12.2. The van der Waals surface area contributed by atoms with Crippen molar-refractivity contribution >= 4 is 5.97 Å². The van der Waals surface area contributed by atoms with Crippen molar-refractivity contribution in [2.75, 3.05) is 13.1 Å². The van der Waals surface area contributed by atoms with E-state index in [0.717, 1.165) is 31.8 Å². The number of piperidine rings is 1. The summed E-state index contributed by atoms with van der Waals surface area (Å²) in [5, 5.41) is 8.82. The van der Waals surface area contributed by atoms with Crippen LogP contribution in [0.15, 0.2) is 0 Å². The molecule has 3 nitrogen and oxygen atoms in total. The molecule has 1 saturated heterocycles. The largest absolute Gasteiger partial charge is 0.481 e. The summed E-state index contributed by atoms with van der Waals surface area (Å²) in [6, 6.07) is 0.700.